The lowest BCUT2D eigenvalue weighted by Crippen LogP contribution is -2.03. The number of aryl methyl sites for hydroxylation is 1. The van der Waals surface area contributed by atoms with Gasteiger partial charge in [0.05, 0.1) is 0 Å². The molecule has 1 fully saturated rings. The standard InChI is InChI=1S/C24H34O.C3H8/c1-21(25)13-6-2-3-10-17-23-19-12-20-24(23)18-11-5-9-16-22-14-7-4-8-15-22;1-3-2/h3-4,7-8,10-11,14-15,18,23-24H,2,5-6,9,12-13,16-17,19-20H2,1H3;3H2,1-2H3/b10-3-,18-11+;/t23-,24?;/m0./s1. The molecule has 1 aliphatic carbocycles. The van der Waals surface area contributed by atoms with Crippen LogP contribution < -0.4 is 0 Å². The Morgan fingerprint density at radius 2 is 1.71 bits per heavy atom. The van der Waals surface area contributed by atoms with Crippen molar-refractivity contribution in [2.24, 2.45) is 11.8 Å². The molecule has 0 heterocycles. The van der Waals surface area contributed by atoms with E-state index in [-0.39, 0.29) is 0 Å². The number of benzene rings is 1. The number of allylic oxidation sites excluding steroid dienone is 4. The highest BCUT2D eigenvalue weighted by molar-refractivity contribution is 5.75. The minimum Gasteiger partial charge on any atom is -0.300 e. The molecule has 1 aromatic carbocycles. The molecule has 0 bridgehead atoms. The molecule has 0 N–H and O–H groups in total. The van der Waals surface area contributed by atoms with Crippen LogP contribution in [0.1, 0.15) is 90.5 Å². The van der Waals surface area contributed by atoms with Gasteiger partial charge in [0.2, 0.25) is 0 Å². The van der Waals surface area contributed by atoms with E-state index in [2.05, 4.69) is 68.5 Å². The second-order valence-electron chi connectivity index (χ2n) is 8.17. The van der Waals surface area contributed by atoms with Gasteiger partial charge in [-0.1, -0.05) is 81.3 Å². The summed E-state index contributed by atoms with van der Waals surface area (Å²) in [5, 5.41) is 0. The van der Waals surface area contributed by atoms with E-state index in [0.717, 1.165) is 31.1 Å². The van der Waals surface area contributed by atoms with Crippen molar-refractivity contribution in [3.05, 3.63) is 60.2 Å². The fourth-order valence-corrected chi connectivity index (χ4v) is 3.81. The van der Waals surface area contributed by atoms with Gasteiger partial charge in [0, 0.05) is 6.42 Å². The Morgan fingerprint density at radius 3 is 2.43 bits per heavy atom. The normalized spacial score (nSPS) is 19.1. The van der Waals surface area contributed by atoms with Crippen LogP contribution in [-0.4, -0.2) is 5.78 Å². The maximum absolute atomic E-state index is 10.9. The Kier molecular flexibility index (Phi) is 14.2. The second-order valence-corrected chi connectivity index (χ2v) is 8.17. The van der Waals surface area contributed by atoms with Crippen molar-refractivity contribution in [2.45, 2.75) is 91.4 Å². The highest BCUT2D eigenvalue weighted by atomic mass is 16.1. The third kappa shape index (κ3) is 12.0. The first-order valence-corrected chi connectivity index (χ1v) is 11.5. The predicted molar refractivity (Wildman–Crippen MR) is 124 cm³/mol. The number of Topliss-reactive ketones (excluding diaryl/α,β-unsaturated/α-hetero) is 1. The summed E-state index contributed by atoms with van der Waals surface area (Å²) in [5.74, 6) is 1.91. The molecule has 1 nitrogen and oxygen atoms in total. The molecule has 1 aromatic rings. The van der Waals surface area contributed by atoms with Crippen LogP contribution in [0, 0.1) is 11.8 Å². The maximum atomic E-state index is 10.9. The lowest BCUT2D eigenvalue weighted by molar-refractivity contribution is -0.117. The van der Waals surface area contributed by atoms with Crippen molar-refractivity contribution >= 4 is 5.78 Å². The molecule has 2 rings (SSSR count). The van der Waals surface area contributed by atoms with Crippen LogP contribution >= 0.6 is 0 Å². The predicted octanol–water partition coefficient (Wildman–Crippen LogP) is 8.10. The Hall–Kier alpha value is -1.63. The third-order valence-corrected chi connectivity index (χ3v) is 5.29. The SMILES string of the molecule is CC(=O)CCC/C=C\C[C@H]1CCCC1/C=C/CCCc1ccccc1.CCC. The van der Waals surface area contributed by atoms with E-state index in [9.17, 15) is 4.79 Å². The van der Waals surface area contributed by atoms with Gasteiger partial charge in [-0.15, -0.1) is 0 Å². The third-order valence-electron chi connectivity index (χ3n) is 5.29. The van der Waals surface area contributed by atoms with Crippen LogP contribution in [0.5, 0.6) is 0 Å². The van der Waals surface area contributed by atoms with Crippen LogP contribution in [0.15, 0.2) is 54.6 Å². The molecular weight excluding hydrogens is 340 g/mol. The van der Waals surface area contributed by atoms with Crippen molar-refractivity contribution in [3.63, 3.8) is 0 Å². The average Bonchev–Trinajstić information content (AvgIpc) is 3.13. The number of hydrogen-bond donors (Lipinski definition) is 0. The molecule has 28 heavy (non-hydrogen) atoms. The van der Waals surface area contributed by atoms with E-state index < -0.39 is 0 Å². The van der Waals surface area contributed by atoms with Crippen LogP contribution in [0.2, 0.25) is 0 Å². The van der Waals surface area contributed by atoms with Gasteiger partial charge in [0.1, 0.15) is 5.78 Å². The Balaban J connectivity index is 0.00000122. The van der Waals surface area contributed by atoms with Crippen LogP contribution in [0.3, 0.4) is 0 Å². The highest BCUT2D eigenvalue weighted by Gasteiger charge is 2.23. The number of rotatable bonds is 11. The summed E-state index contributed by atoms with van der Waals surface area (Å²) in [4.78, 5) is 10.9. The summed E-state index contributed by atoms with van der Waals surface area (Å²) >= 11 is 0. The summed E-state index contributed by atoms with van der Waals surface area (Å²) < 4.78 is 0. The van der Waals surface area contributed by atoms with Crippen molar-refractivity contribution in [2.75, 3.05) is 0 Å². The van der Waals surface area contributed by atoms with E-state index in [1.807, 2.05) is 0 Å². The minimum atomic E-state index is 0.307. The quantitative estimate of drug-likeness (QED) is 0.279. The van der Waals surface area contributed by atoms with Crippen LogP contribution in [0.4, 0.5) is 0 Å². The summed E-state index contributed by atoms with van der Waals surface area (Å²) in [7, 11) is 0. The summed E-state index contributed by atoms with van der Waals surface area (Å²) in [6.07, 6.45) is 22.5. The Labute approximate surface area is 174 Å². The first kappa shape index (κ1) is 24.4. The molecule has 1 unspecified atom stereocenters. The number of ketones is 1. The molecule has 0 amide bonds. The minimum absolute atomic E-state index is 0.307. The molecule has 2 atom stereocenters. The van der Waals surface area contributed by atoms with Gasteiger partial charge in [-0.25, -0.2) is 0 Å². The van der Waals surface area contributed by atoms with Crippen molar-refractivity contribution in [3.8, 4) is 0 Å². The van der Waals surface area contributed by atoms with Crippen LogP contribution in [0.25, 0.3) is 0 Å². The largest absolute Gasteiger partial charge is 0.300 e. The molecule has 0 saturated heterocycles. The summed E-state index contributed by atoms with van der Waals surface area (Å²) in [6, 6.07) is 10.8. The van der Waals surface area contributed by atoms with Crippen molar-refractivity contribution in [1.82, 2.24) is 0 Å². The van der Waals surface area contributed by atoms with Crippen LogP contribution in [-0.2, 0) is 11.2 Å². The van der Waals surface area contributed by atoms with E-state index >= 15 is 0 Å². The maximum Gasteiger partial charge on any atom is 0.129 e. The van der Waals surface area contributed by atoms with Gasteiger partial charge in [-0.05, 0) is 75.7 Å². The number of carbonyl (C=O) groups is 1. The highest BCUT2D eigenvalue weighted by Crippen LogP contribution is 2.35. The molecule has 0 spiro atoms. The fourth-order valence-electron chi connectivity index (χ4n) is 3.81. The van der Waals surface area contributed by atoms with Gasteiger partial charge >= 0.3 is 0 Å². The number of unbranched alkanes of at least 4 members (excludes halogenated alkanes) is 2. The first-order valence-electron chi connectivity index (χ1n) is 11.5. The van der Waals surface area contributed by atoms with Gasteiger partial charge < -0.3 is 4.79 Å². The monoisotopic (exact) mass is 382 g/mol. The average molecular weight is 383 g/mol. The molecule has 0 aromatic heterocycles. The van der Waals surface area contributed by atoms with E-state index in [1.54, 1.807) is 6.92 Å². The molecule has 0 aliphatic heterocycles. The van der Waals surface area contributed by atoms with E-state index in [4.69, 9.17) is 0 Å². The molecule has 1 heteroatoms. The topological polar surface area (TPSA) is 17.1 Å². The number of hydrogen-bond acceptors (Lipinski definition) is 1. The van der Waals surface area contributed by atoms with E-state index in [1.165, 1.54) is 56.9 Å². The molecule has 156 valence electrons. The smallest absolute Gasteiger partial charge is 0.129 e. The zero-order valence-electron chi connectivity index (χ0n) is 18.5. The van der Waals surface area contributed by atoms with Gasteiger partial charge in [-0.2, -0.15) is 0 Å². The lowest BCUT2D eigenvalue weighted by atomic mass is 9.92. The van der Waals surface area contributed by atoms with Gasteiger partial charge in [0.15, 0.2) is 0 Å². The van der Waals surface area contributed by atoms with E-state index in [0.29, 0.717) is 5.78 Å². The fraction of sp³-hybridized carbons (Fsp3) is 0.593. The van der Waals surface area contributed by atoms with Gasteiger partial charge in [0.25, 0.3) is 0 Å². The molecular formula is C27H42O. The van der Waals surface area contributed by atoms with Crippen molar-refractivity contribution in [1.29, 1.82) is 0 Å². The molecule has 0 radical (unpaired) electrons. The second kappa shape index (κ2) is 16.3. The Morgan fingerprint density at radius 1 is 1.00 bits per heavy atom. The zero-order valence-corrected chi connectivity index (χ0v) is 18.5. The van der Waals surface area contributed by atoms with Crippen molar-refractivity contribution < 1.29 is 4.79 Å². The van der Waals surface area contributed by atoms with Gasteiger partial charge in [-0.3, -0.25) is 0 Å². The molecule has 1 aliphatic rings. The Bertz CT molecular complexity index is 555. The summed E-state index contributed by atoms with van der Waals surface area (Å²) in [5.41, 5.74) is 1.45. The molecule has 1 saturated carbocycles. The number of carbonyl (C=O) groups excluding carboxylic acids is 1. The first-order chi connectivity index (χ1) is 13.7. The zero-order chi connectivity index (χ0) is 20.5. The summed E-state index contributed by atoms with van der Waals surface area (Å²) in [6.45, 7) is 5.93. The lowest BCUT2D eigenvalue weighted by Gasteiger charge is -2.14.